The van der Waals surface area contributed by atoms with Crippen molar-refractivity contribution in [2.24, 2.45) is 0 Å². The number of carbonyl (C=O) groups excluding carboxylic acids is 2. The van der Waals surface area contributed by atoms with Gasteiger partial charge in [-0.1, -0.05) is 0 Å². The zero-order chi connectivity index (χ0) is 21.1. The average Bonchev–Trinajstić information content (AvgIpc) is 2.70. The molecule has 1 aliphatic rings. The minimum absolute atomic E-state index is 0.104. The Bertz CT molecular complexity index is 971. The first kappa shape index (κ1) is 20.5. The van der Waals surface area contributed by atoms with Crippen LogP contribution in [-0.4, -0.2) is 38.9 Å². The third-order valence-corrected chi connectivity index (χ3v) is 4.83. The van der Waals surface area contributed by atoms with Crippen LogP contribution in [0.5, 0.6) is 17.2 Å². The standard InChI is InChI=1S/C23H25NO5/c1-13-6-18-20(25)12-19(23(26)22(18)21(7-13)29-5)24-14(2)8-15-9-16(27-3)11-17(10-15)28-4/h6-7,9-12,14,24H,8H2,1-5H3. The summed E-state index contributed by atoms with van der Waals surface area (Å²) in [5.41, 5.74) is 2.81. The van der Waals surface area contributed by atoms with Gasteiger partial charge in [0.25, 0.3) is 0 Å². The van der Waals surface area contributed by atoms with Crippen LogP contribution < -0.4 is 19.5 Å². The summed E-state index contributed by atoms with van der Waals surface area (Å²) in [6, 6.07) is 9.02. The van der Waals surface area contributed by atoms with E-state index in [-0.39, 0.29) is 23.3 Å². The molecule has 3 rings (SSSR count). The van der Waals surface area contributed by atoms with Crippen molar-refractivity contribution in [3.63, 3.8) is 0 Å². The largest absolute Gasteiger partial charge is 0.497 e. The second-order valence-electron chi connectivity index (χ2n) is 7.11. The Kier molecular flexibility index (Phi) is 5.92. The molecule has 2 aromatic carbocycles. The number of fused-ring (bicyclic) bond motifs is 1. The smallest absolute Gasteiger partial charge is 0.213 e. The number of methoxy groups -OCH3 is 3. The lowest BCUT2D eigenvalue weighted by Gasteiger charge is -2.22. The number of nitrogens with one attached hydrogen (secondary N) is 1. The summed E-state index contributed by atoms with van der Waals surface area (Å²) in [5.74, 6) is 1.36. The molecule has 6 nitrogen and oxygen atoms in total. The predicted molar refractivity (Wildman–Crippen MR) is 110 cm³/mol. The van der Waals surface area contributed by atoms with E-state index in [9.17, 15) is 9.59 Å². The van der Waals surface area contributed by atoms with Gasteiger partial charge in [0, 0.05) is 23.7 Å². The van der Waals surface area contributed by atoms with Crippen molar-refractivity contribution in [1.29, 1.82) is 0 Å². The molecular formula is C23H25NO5. The van der Waals surface area contributed by atoms with E-state index in [0.717, 1.165) is 11.1 Å². The van der Waals surface area contributed by atoms with Gasteiger partial charge in [0.05, 0.1) is 32.6 Å². The molecule has 1 unspecified atom stereocenters. The van der Waals surface area contributed by atoms with E-state index in [2.05, 4.69) is 5.32 Å². The maximum absolute atomic E-state index is 13.0. The quantitative estimate of drug-likeness (QED) is 0.773. The highest BCUT2D eigenvalue weighted by Gasteiger charge is 2.30. The average molecular weight is 395 g/mol. The van der Waals surface area contributed by atoms with Gasteiger partial charge in [-0.3, -0.25) is 9.59 Å². The Morgan fingerprint density at radius 3 is 2.17 bits per heavy atom. The second-order valence-corrected chi connectivity index (χ2v) is 7.11. The molecule has 0 bridgehead atoms. The highest BCUT2D eigenvalue weighted by Crippen LogP contribution is 2.31. The van der Waals surface area contributed by atoms with Gasteiger partial charge in [-0.2, -0.15) is 0 Å². The Labute approximate surface area is 170 Å². The van der Waals surface area contributed by atoms with Gasteiger partial charge in [-0.05, 0) is 55.7 Å². The van der Waals surface area contributed by atoms with Crippen molar-refractivity contribution in [2.75, 3.05) is 21.3 Å². The van der Waals surface area contributed by atoms with Crippen molar-refractivity contribution >= 4 is 11.6 Å². The van der Waals surface area contributed by atoms with Gasteiger partial charge in [-0.25, -0.2) is 0 Å². The van der Waals surface area contributed by atoms with Crippen LogP contribution in [0.1, 0.15) is 38.8 Å². The summed E-state index contributed by atoms with van der Waals surface area (Å²) in [7, 11) is 4.70. The van der Waals surface area contributed by atoms with E-state index in [1.54, 1.807) is 32.4 Å². The number of benzene rings is 2. The second kappa shape index (κ2) is 8.39. The van der Waals surface area contributed by atoms with E-state index in [1.165, 1.54) is 13.2 Å². The van der Waals surface area contributed by atoms with Crippen LogP contribution in [0.4, 0.5) is 0 Å². The highest BCUT2D eigenvalue weighted by molar-refractivity contribution is 6.25. The molecule has 6 heteroatoms. The van der Waals surface area contributed by atoms with Gasteiger partial charge < -0.3 is 19.5 Å². The van der Waals surface area contributed by atoms with E-state index < -0.39 is 0 Å². The number of aryl methyl sites for hydroxylation is 1. The van der Waals surface area contributed by atoms with Gasteiger partial charge in [0.2, 0.25) is 5.78 Å². The number of Topliss-reactive ketones (excluding diaryl/α,β-unsaturated/α-hetero) is 1. The molecule has 1 atom stereocenters. The van der Waals surface area contributed by atoms with Crippen LogP contribution in [0.2, 0.25) is 0 Å². The lowest BCUT2D eigenvalue weighted by molar-refractivity contribution is 0.0974. The summed E-state index contributed by atoms with van der Waals surface area (Å²) in [5, 5.41) is 3.18. The zero-order valence-electron chi connectivity index (χ0n) is 17.3. The lowest BCUT2D eigenvalue weighted by atomic mass is 9.90. The van der Waals surface area contributed by atoms with Crippen LogP contribution in [0.3, 0.4) is 0 Å². The number of ether oxygens (including phenoxy) is 3. The Hall–Kier alpha value is -3.28. The molecule has 0 aromatic heterocycles. The Balaban J connectivity index is 1.83. The Morgan fingerprint density at radius 1 is 0.931 bits per heavy atom. The third-order valence-electron chi connectivity index (χ3n) is 4.83. The number of hydrogen-bond acceptors (Lipinski definition) is 6. The molecule has 0 heterocycles. The molecule has 1 aliphatic carbocycles. The molecule has 0 radical (unpaired) electrons. The fraction of sp³-hybridized carbons (Fsp3) is 0.304. The van der Waals surface area contributed by atoms with Crippen LogP contribution in [0, 0.1) is 6.92 Å². The van der Waals surface area contributed by atoms with Gasteiger partial charge in [0.1, 0.15) is 17.2 Å². The molecule has 1 N–H and O–H groups in total. The first-order chi connectivity index (χ1) is 13.9. The highest BCUT2D eigenvalue weighted by atomic mass is 16.5. The number of carbonyl (C=O) groups is 2. The summed E-state index contributed by atoms with van der Waals surface area (Å²) >= 11 is 0. The first-order valence-electron chi connectivity index (χ1n) is 9.34. The fourth-order valence-electron chi connectivity index (χ4n) is 3.51. The van der Waals surface area contributed by atoms with Crippen molar-refractivity contribution in [2.45, 2.75) is 26.3 Å². The molecule has 152 valence electrons. The monoisotopic (exact) mass is 395 g/mol. The summed E-state index contributed by atoms with van der Waals surface area (Å²) in [4.78, 5) is 25.7. The Morgan fingerprint density at radius 2 is 1.59 bits per heavy atom. The summed E-state index contributed by atoms with van der Waals surface area (Å²) in [6.07, 6.45) is 1.98. The van der Waals surface area contributed by atoms with E-state index in [0.29, 0.717) is 34.8 Å². The minimum Gasteiger partial charge on any atom is -0.497 e. The number of ketones is 2. The molecule has 0 spiro atoms. The molecule has 0 saturated heterocycles. The molecule has 2 aromatic rings. The normalized spacial score (nSPS) is 14.0. The molecule has 0 amide bonds. The zero-order valence-corrected chi connectivity index (χ0v) is 17.3. The number of allylic oxidation sites excluding steroid dienone is 2. The van der Waals surface area contributed by atoms with Crippen LogP contribution in [0.15, 0.2) is 42.1 Å². The fourth-order valence-corrected chi connectivity index (χ4v) is 3.51. The number of hydrogen-bond donors (Lipinski definition) is 1. The third kappa shape index (κ3) is 4.26. The molecule has 0 aliphatic heterocycles. The summed E-state index contributed by atoms with van der Waals surface area (Å²) < 4.78 is 16.0. The van der Waals surface area contributed by atoms with Crippen molar-refractivity contribution in [3.05, 3.63) is 64.4 Å². The van der Waals surface area contributed by atoms with Crippen molar-refractivity contribution in [1.82, 2.24) is 5.32 Å². The van der Waals surface area contributed by atoms with Crippen molar-refractivity contribution in [3.8, 4) is 17.2 Å². The first-order valence-corrected chi connectivity index (χ1v) is 9.34. The van der Waals surface area contributed by atoms with Gasteiger partial charge in [0.15, 0.2) is 5.78 Å². The van der Waals surface area contributed by atoms with Crippen LogP contribution in [-0.2, 0) is 6.42 Å². The number of rotatable bonds is 7. The maximum Gasteiger partial charge on any atom is 0.213 e. The molecule has 29 heavy (non-hydrogen) atoms. The summed E-state index contributed by atoms with van der Waals surface area (Å²) in [6.45, 7) is 3.81. The minimum atomic E-state index is -0.244. The maximum atomic E-state index is 13.0. The topological polar surface area (TPSA) is 73.9 Å². The molecule has 0 saturated carbocycles. The van der Waals surface area contributed by atoms with Crippen LogP contribution in [0.25, 0.3) is 0 Å². The SMILES string of the molecule is COc1cc(CC(C)NC2=CC(=O)c3cc(C)cc(OC)c3C2=O)cc(OC)c1. The molecule has 0 fully saturated rings. The van der Waals surface area contributed by atoms with E-state index in [4.69, 9.17) is 14.2 Å². The molecular weight excluding hydrogens is 370 g/mol. The van der Waals surface area contributed by atoms with E-state index >= 15 is 0 Å². The van der Waals surface area contributed by atoms with E-state index in [1.807, 2.05) is 26.0 Å². The predicted octanol–water partition coefficient (Wildman–Crippen LogP) is 3.50. The van der Waals surface area contributed by atoms with Crippen molar-refractivity contribution < 1.29 is 23.8 Å². The lowest BCUT2D eigenvalue weighted by Crippen LogP contribution is -2.34. The van der Waals surface area contributed by atoms with Gasteiger partial charge in [-0.15, -0.1) is 0 Å². The van der Waals surface area contributed by atoms with Gasteiger partial charge >= 0.3 is 0 Å². The van der Waals surface area contributed by atoms with Crippen LogP contribution >= 0.6 is 0 Å².